The third-order valence-electron chi connectivity index (χ3n) is 5.63. The second-order valence-corrected chi connectivity index (χ2v) is 9.70. The van der Waals surface area contributed by atoms with Crippen LogP contribution in [0, 0.1) is 0 Å². The molecule has 35 heavy (non-hydrogen) atoms. The van der Waals surface area contributed by atoms with Crippen molar-refractivity contribution in [2.24, 2.45) is 5.16 Å². The van der Waals surface area contributed by atoms with Gasteiger partial charge in [0.05, 0.1) is 6.20 Å². The lowest BCUT2D eigenvalue weighted by molar-refractivity contribution is -0.662. The zero-order chi connectivity index (χ0) is 24.7. The maximum atomic E-state index is 13.0. The molecule has 2 unspecified atom stereocenters. The van der Waals surface area contributed by atoms with Crippen LogP contribution >= 0.6 is 23.1 Å². The van der Waals surface area contributed by atoms with Crippen molar-refractivity contribution in [2.75, 3.05) is 18.6 Å². The van der Waals surface area contributed by atoms with Crippen molar-refractivity contribution in [2.45, 2.75) is 18.0 Å². The average Bonchev–Trinajstić information content (AvgIpc) is 3.46. The van der Waals surface area contributed by atoms with Gasteiger partial charge < -0.3 is 21.0 Å². The first-order valence-electron chi connectivity index (χ1n) is 10.4. The summed E-state index contributed by atoms with van der Waals surface area (Å²) in [6.45, 7) is 0.318. The molecule has 1 saturated heterocycles. The maximum Gasteiger partial charge on any atom is 0.352 e. The monoisotopic (exact) mass is 514 g/mol. The Labute approximate surface area is 206 Å². The number of oxime groups is 1. The Morgan fingerprint density at radius 1 is 1.40 bits per heavy atom. The number of thiazole rings is 1. The number of thioether (sulfide) groups is 1. The van der Waals surface area contributed by atoms with E-state index in [-0.39, 0.29) is 22.2 Å². The van der Waals surface area contributed by atoms with Crippen molar-refractivity contribution in [3.8, 4) is 0 Å². The molecule has 14 heteroatoms. The van der Waals surface area contributed by atoms with Gasteiger partial charge in [-0.15, -0.1) is 23.1 Å². The number of hydrogen-bond acceptors (Lipinski definition) is 9. The van der Waals surface area contributed by atoms with Crippen LogP contribution in [0.5, 0.6) is 0 Å². The summed E-state index contributed by atoms with van der Waals surface area (Å²) >= 11 is 2.53. The van der Waals surface area contributed by atoms with E-state index >= 15 is 0 Å². The van der Waals surface area contributed by atoms with Crippen molar-refractivity contribution >= 4 is 57.4 Å². The lowest BCUT2D eigenvalue weighted by Crippen LogP contribution is -2.71. The third-order valence-corrected chi connectivity index (χ3v) is 7.64. The normalized spacial score (nSPS) is 20.0. The summed E-state index contributed by atoms with van der Waals surface area (Å²) in [7, 11) is 1.29. The average molecular weight is 515 g/mol. The van der Waals surface area contributed by atoms with E-state index in [0.717, 1.165) is 17.0 Å². The van der Waals surface area contributed by atoms with Gasteiger partial charge in [-0.2, -0.15) is 0 Å². The maximum absolute atomic E-state index is 13.0. The largest absolute Gasteiger partial charge is 0.477 e. The number of nitrogens with zero attached hydrogens (tertiary/aromatic N) is 5. The van der Waals surface area contributed by atoms with E-state index in [4.69, 9.17) is 10.6 Å². The first-order valence-corrected chi connectivity index (χ1v) is 12.3. The molecular weight excluding hydrogens is 494 g/mol. The summed E-state index contributed by atoms with van der Waals surface area (Å²) < 4.78 is 3.85. The molecular formula is C21H20N7O5S2+. The highest BCUT2D eigenvalue weighted by Crippen LogP contribution is 2.40. The molecule has 2 aliphatic rings. The van der Waals surface area contributed by atoms with Crippen molar-refractivity contribution in [3.63, 3.8) is 0 Å². The number of rotatable bonds is 7. The van der Waals surface area contributed by atoms with Gasteiger partial charge in [0.15, 0.2) is 10.8 Å². The summed E-state index contributed by atoms with van der Waals surface area (Å²) in [4.78, 5) is 48.1. The zero-order valence-corrected chi connectivity index (χ0v) is 20.0. The second-order valence-electron chi connectivity index (χ2n) is 7.70. The Bertz CT molecular complexity index is 1410. The number of anilines is 1. The summed E-state index contributed by atoms with van der Waals surface area (Å²) in [5.41, 5.74) is 7.19. The Balaban J connectivity index is 1.37. The van der Waals surface area contributed by atoms with E-state index in [1.165, 1.54) is 23.8 Å². The number of carboxylic acids is 1. The number of aromatic nitrogens is 3. The number of carbonyl (C=O) groups is 3. The molecule has 0 aromatic carbocycles. The molecule has 5 rings (SSSR count). The van der Waals surface area contributed by atoms with Crippen LogP contribution in [0.2, 0.25) is 0 Å². The minimum absolute atomic E-state index is 0.0508. The number of nitrogens with two attached hydrogens (primary N) is 1. The number of amides is 2. The van der Waals surface area contributed by atoms with Crippen LogP contribution in [0.3, 0.4) is 0 Å². The van der Waals surface area contributed by atoms with Gasteiger partial charge in [0.2, 0.25) is 0 Å². The summed E-state index contributed by atoms with van der Waals surface area (Å²) in [5, 5.41) is 17.6. The van der Waals surface area contributed by atoms with E-state index in [1.807, 2.05) is 45.8 Å². The molecule has 5 heterocycles. The third kappa shape index (κ3) is 4.00. The van der Waals surface area contributed by atoms with E-state index in [1.54, 1.807) is 5.38 Å². The first kappa shape index (κ1) is 22.9. The number of carbonyl (C=O) groups excluding carboxylic acids is 2. The number of carboxylic acid groups (broad SMARTS) is 1. The molecule has 4 N–H and O–H groups in total. The van der Waals surface area contributed by atoms with E-state index in [9.17, 15) is 19.5 Å². The fraction of sp³-hybridized carbons (Fsp3) is 0.238. The number of nitrogen functional groups attached to an aromatic ring is 1. The number of nitrogens with one attached hydrogen (secondary N) is 1. The molecule has 180 valence electrons. The standard InChI is InChI=1S/C21H19N7O5S2/c1-33-25-14(12-10-35-21(22)23-12)17(29)24-15-18(30)28-16(20(31)32)11(9-34-19(15)28)8-27-7-6-26-5-3-2-4-13(26)27/h2-7,10,15,19H,8-9H2,1H3,(H3-,22,23,24,29,31,32)/p+1/b25-14+. The van der Waals surface area contributed by atoms with E-state index in [0.29, 0.717) is 17.9 Å². The molecule has 3 aromatic heterocycles. The highest BCUT2D eigenvalue weighted by Gasteiger charge is 2.54. The lowest BCUT2D eigenvalue weighted by Gasteiger charge is -2.49. The van der Waals surface area contributed by atoms with Crippen molar-refractivity contribution < 1.29 is 28.9 Å². The van der Waals surface area contributed by atoms with Gasteiger partial charge >= 0.3 is 5.97 Å². The second kappa shape index (κ2) is 9.03. The predicted octanol–water partition coefficient (Wildman–Crippen LogP) is 0.0548. The minimum atomic E-state index is -1.19. The molecule has 0 radical (unpaired) electrons. The summed E-state index contributed by atoms with van der Waals surface area (Å²) in [6, 6.07) is 4.82. The Morgan fingerprint density at radius 3 is 2.94 bits per heavy atom. The molecule has 0 saturated carbocycles. The summed E-state index contributed by atoms with van der Waals surface area (Å²) in [6.07, 6.45) is 5.64. The highest BCUT2D eigenvalue weighted by molar-refractivity contribution is 8.00. The first-order chi connectivity index (χ1) is 16.9. The van der Waals surface area contributed by atoms with Crippen molar-refractivity contribution in [1.29, 1.82) is 0 Å². The Kier molecular flexibility index (Phi) is 5.90. The molecule has 1 fully saturated rings. The van der Waals surface area contributed by atoms with Crippen LogP contribution in [0.4, 0.5) is 5.13 Å². The molecule has 3 aromatic rings. The van der Waals surface area contributed by atoms with Crippen LogP contribution in [0.15, 0.2) is 58.6 Å². The number of fused-ring (bicyclic) bond motifs is 2. The van der Waals surface area contributed by atoms with E-state index < -0.39 is 29.2 Å². The van der Waals surface area contributed by atoms with E-state index in [2.05, 4.69) is 15.5 Å². The van der Waals surface area contributed by atoms with Crippen LogP contribution in [-0.4, -0.2) is 67.2 Å². The van der Waals surface area contributed by atoms with Gasteiger partial charge in [-0.3, -0.25) is 14.5 Å². The molecule has 0 spiro atoms. The Morgan fingerprint density at radius 2 is 2.23 bits per heavy atom. The van der Waals surface area contributed by atoms with Gasteiger partial charge in [-0.1, -0.05) is 11.2 Å². The number of β-lactam (4-membered cyclic amide) rings is 1. The summed E-state index contributed by atoms with van der Waals surface area (Å²) in [5.74, 6) is -1.97. The van der Waals surface area contributed by atoms with Gasteiger partial charge in [0, 0.05) is 22.8 Å². The highest BCUT2D eigenvalue weighted by atomic mass is 32.2. The van der Waals surface area contributed by atoms with Crippen LogP contribution in [0.25, 0.3) is 5.65 Å². The minimum Gasteiger partial charge on any atom is -0.477 e. The molecule has 12 nitrogen and oxygen atoms in total. The SMILES string of the molecule is CO/N=C(/C(=O)NC1C(=O)N2C(C(=O)O)=C(C[n+]3ccn4ccccc43)CSC12)c1csc(N)n1. The van der Waals surface area contributed by atoms with Crippen LogP contribution in [0.1, 0.15) is 5.69 Å². The molecule has 2 amide bonds. The zero-order valence-electron chi connectivity index (χ0n) is 18.3. The fourth-order valence-electron chi connectivity index (χ4n) is 4.09. The lowest BCUT2D eigenvalue weighted by atomic mass is 10.0. The number of imidazole rings is 1. The molecule has 2 aliphatic heterocycles. The van der Waals surface area contributed by atoms with Gasteiger partial charge in [-0.05, 0) is 6.07 Å². The molecule has 0 bridgehead atoms. The van der Waals surface area contributed by atoms with Gasteiger partial charge in [-0.25, -0.2) is 18.7 Å². The number of pyridine rings is 1. The smallest absolute Gasteiger partial charge is 0.352 e. The van der Waals surface area contributed by atoms with Gasteiger partial charge in [0.1, 0.15) is 48.9 Å². The van der Waals surface area contributed by atoms with Gasteiger partial charge in [0.25, 0.3) is 17.5 Å². The molecule has 0 aliphatic carbocycles. The van der Waals surface area contributed by atoms with Crippen molar-refractivity contribution in [3.05, 3.63) is 59.1 Å². The number of aliphatic carboxylic acids is 1. The van der Waals surface area contributed by atoms with Crippen LogP contribution < -0.4 is 15.6 Å². The Hall–Kier alpha value is -3.91. The van der Waals surface area contributed by atoms with Crippen molar-refractivity contribution in [1.82, 2.24) is 19.6 Å². The topological polar surface area (TPSA) is 156 Å². The molecule has 2 atom stereocenters. The quantitative estimate of drug-likeness (QED) is 0.173. The predicted molar refractivity (Wildman–Crippen MR) is 127 cm³/mol. The number of hydrogen-bond donors (Lipinski definition) is 3. The fourth-order valence-corrected chi connectivity index (χ4v) is 5.97. The van der Waals surface area contributed by atoms with Crippen LogP contribution in [-0.2, 0) is 25.8 Å².